The lowest BCUT2D eigenvalue weighted by atomic mass is 9.62. The van der Waals surface area contributed by atoms with Gasteiger partial charge in [0.05, 0.1) is 45.0 Å². The van der Waals surface area contributed by atoms with Crippen molar-refractivity contribution in [2.75, 3.05) is 9.80 Å². The van der Waals surface area contributed by atoms with Crippen LogP contribution in [-0.2, 0) is 21.7 Å². The number of pyridine rings is 4. The smallest absolute Gasteiger partial charge is 0.0772 e. The predicted octanol–water partition coefficient (Wildman–Crippen LogP) is 18.5. The summed E-state index contributed by atoms with van der Waals surface area (Å²) in [6.45, 7) is 9.56. The number of nitrogens with zero attached hydrogens (tertiary/aromatic N) is 6. The Morgan fingerprint density at radius 3 is 0.905 bits per heavy atom. The minimum Gasteiger partial charge on any atom is -0.309 e. The molecule has 84 heavy (non-hydrogen) atoms. The third-order valence-electron chi connectivity index (χ3n) is 19.5. The molecule has 0 saturated heterocycles. The molecule has 0 amide bonds. The van der Waals surface area contributed by atoms with Crippen LogP contribution in [0.25, 0.3) is 43.8 Å². The van der Waals surface area contributed by atoms with E-state index in [-0.39, 0.29) is 10.8 Å². The molecule has 0 saturated carbocycles. The molecule has 2 aliphatic heterocycles. The van der Waals surface area contributed by atoms with Crippen LogP contribution >= 0.6 is 0 Å². The maximum absolute atomic E-state index is 4.89. The molecule has 0 bridgehead atoms. The van der Waals surface area contributed by atoms with Gasteiger partial charge in [0.15, 0.2) is 0 Å². The van der Waals surface area contributed by atoms with Crippen molar-refractivity contribution < 1.29 is 0 Å². The molecule has 6 nitrogen and oxygen atoms in total. The Hall–Kier alpha value is -10.3. The molecule has 0 atom stereocenters. The second kappa shape index (κ2) is 17.6. The highest BCUT2D eigenvalue weighted by molar-refractivity contribution is 6.24. The fourth-order valence-corrected chi connectivity index (χ4v) is 15.9. The number of aromatic nitrogens is 4. The second-order valence-electron chi connectivity index (χ2n) is 24.1. The molecule has 13 aromatic rings. The summed E-state index contributed by atoms with van der Waals surface area (Å²) in [5, 5.41) is 4.54. The fraction of sp³-hybridized carbons (Fsp3) is 0.103. The number of anilines is 6. The van der Waals surface area contributed by atoms with Crippen LogP contribution < -0.4 is 9.80 Å². The van der Waals surface area contributed by atoms with E-state index >= 15 is 0 Å². The molecule has 0 N–H and O–H groups in total. The highest BCUT2D eigenvalue weighted by atomic mass is 15.2. The van der Waals surface area contributed by atoms with E-state index in [0.29, 0.717) is 0 Å². The van der Waals surface area contributed by atoms with E-state index in [9.17, 15) is 0 Å². The molecule has 0 spiro atoms. The third-order valence-corrected chi connectivity index (χ3v) is 19.5. The average Bonchev–Trinajstić information content (AvgIpc) is 1.03. The van der Waals surface area contributed by atoms with E-state index in [2.05, 4.69) is 281 Å². The first-order chi connectivity index (χ1) is 41.2. The highest BCUT2D eigenvalue weighted by Gasteiger charge is 2.52. The Morgan fingerprint density at radius 1 is 0.262 bits per heavy atom. The SMILES string of the molecule is CC1(C)c2ccccc2-c2cc3c(cc21)N(c1c2ccccc2c(N2c4ccccc4C(c4cccnc4)(c4cccnc4)c4cc5c(cc42)C(C)(C)c2ccccc2-5)c2ccccc12)c1ccccc1C3(c1cccnc1)c1cccnc1. The van der Waals surface area contributed by atoms with Crippen LogP contribution in [0, 0.1) is 0 Å². The predicted molar refractivity (Wildman–Crippen MR) is 341 cm³/mol. The molecule has 0 fully saturated rings. The summed E-state index contributed by atoms with van der Waals surface area (Å²) in [6, 6.07) is 81.9. The van der Waals surface area contributed by atoms with Gasteiger partial charge in [-0.1, -0.05) is 185 Å². The molecule has 6 heterocycles. The molecule has 6 heteroatoms. The van der Waals surface area contributed by atoms with E-state index in [4.69, 9.17) is 19.9 Å². The zero-order valence-electron chi connectivity index (χ0n) is 47.1. The van der Waals surface area contributed by atoms with Crippen LogP contribution in [0.5, 0.6) is 0 Å². The molecule has 4 aliphatic rings. The van der Waals surface area contributed by atoms with Crippen molar-refractivity contribution in [3.05, 3.63) is 335 Å². The lowest BCUT2D eigenvalue weighted by molar-refractivity contribution is 0.658. The number of hydrogen-bond acceptors (Lipinski definition) is 6. The van der Waals surface area contributed by atoms with E-state index in [1.807, 2.05) is 24.8 Å². The Balaban J connectivity index is 1.01. The van der Waals surface area contributed by atoms with Crippen molar-refractivity contribution in [2.45, 2.75) is 49.4 Å². The molecule has 2 aliphatic carbocycles. The Kier molecular flexibility index (Phi) is 10.1. The first-order valence-electron chi connectivity index (χ1n) is 29.2. The van der Waals surface area contributed by atoms with Crippen LogP contribution in [-0.4, -0.2) is 19.9 Å². The van der Waals surface area contributed by atoms with Gasteiger partial charge in [0.2, 0.25) is 0 Å². The van der Waals surface area contributed by atoms with Gasteiger partial charge in [-0.25, -0.2) is 0 Å². The summed E-state index contributed by atoms with van der Waals surface area (Å²) >= 11 is 0. The largest absolute Gasteiger partial charge is 0.309 e. The van der Waals surface area contributed by atoms with Crippen LogP contribution in [0.4, 0.5) is 34.1 Å². The number of benzene rings is 9. The van der Waals surface area contributed by atoms with Crippen LogP contribution in [0.15, 0.2) is 268 Å². The minimum atomic E-state index is -0.808. The Bertz CT molecular complexity index is 4420. The van der Waals surface area contributed by atoms with Gasteiger partial charge in [-0.15, -0.1) is 0 Å². The molecule has 17 rings (SSSR count). The van der Waals surface area contributed by atoms with Crippen molar-refractivity contribution in [1.29, 1.82) is 0 Å². The van der Waals surface area contributed by atoms with Crippen molar-refractivity contribution in [3.63, 3.8) is 0 Å². The second-order valence-corrected chi connectivity index (χ2v) is 24.1. The van der Waals surface area contributed by atoms with E-state index in [1.54, 1.807) is 0 Å². The molecule has 9 aromatic carbocycles. The quantitative estimate of drug-likeness (QED) is 0.155. The summed E-state index contributed by atoms with van der Waals surface area (Å²) in [5.41, 5.74) is 23.8. The molecule has 0 unspecified atom stereocenters. The van der Waals surface area contributed by atoms with Crippen molar-refractivity contribution in [3.8, 4) is 22.3 Å². The first-order valence-corrected chi connectivity index (χ1v) is 29.2. The average molecular weight is 1080 g/mol. The van der Waals surface area contributed by atoms with Crippen molar-refractivity contribution in [2.24, 2.45) is 0 Å². The summed E-state index contributed by atoms with van der Waals surface area (Å²) in [6.07, 6.45) is 15.8. The number of para-hydroxylation sites is 2. The maximum atomic E-state index is 4.89. The minimum absolute atomic E-state index is 0.283. The van der Waals surface area contributed by atoms with Gasteiger partial charge >= 0.3 is 0 Å². The molecule has 0 radical (unpaired) electrons. The number of fused-ring (bicyclic) bond motifs is 12. The summed E-state index contributed by atoms with van der Waals surface area (Å²) < 4.78 is 0. The van der Waals surface area contributed by atoms with Crippen molar-refractivity contribution in [1.82, 2.24) is 19.9 Å². The van der Waals surface area contributed by atoms with Gasteiger partial charge in [-0.05, 0) is 150 Å². The van der Waals surface area contributed by atoms with E-state index in [1.165, 1.54) is 55.6 Å². The van der Waals surface area contributed by atoms with Gasteiger partial charge in [0.1, 0.15) is 0 Å². The van der Waals surface area contributed by atoms with Crippen LogP contribution in [0.1, 0.15) is 94.5 Å². The standard InChI is InChI=1S/C78H56N6/c1-75(2)61-31-11-9-25-53(61)59-41-67-71(43-65(59)75)83(69-35-15-13-33-63(69)77(67,49-21-17-37-79-45-49)50-22-18-38-80-46-50)73-55-27-5-7-29-57(55)74(58-30-8-6-28-56(58)73)84-70-36-16-14-34-64(70)78(51-23-19-39-81-47-51,52-24-20-40-82-48-52)68-42-60-54-26-10-12-32-62(54)76(3,4)66(60)44-72(68)84/h5-48H,1-4H3. The normalized spacial score (nSPS) is 15.7. The van der Waals surface area contributed by atoms with Gasteiger partial charge in [-0.2, -0.15) is 0 Å². The van der Waals surface area contributed by atoms with Crippen LogP contribution in [0.2, 0.25) is 0 Å². The zero-order valence-corrected chi connectivity index (χ0v) is 47.1. The topological polar surface area (TPSA) is 58.0 Å². The first kappa shape index (κ1) is 48.4. The van der Waals surface area contributed by atoms with E-state index in [0.717, 1.165) is 89.0 Å². The lowest BCUT2D eigenvalue weighted by Crippen LogP contribution is -2.38. The summed E-state index contributed by atoms with van der Waals surface area (Å²) in [4.78, 5) is 24.8. The Labute approximate surface area is 489 Å². The molecular formula is C78H56N6. The summed E-state index contributed by atoms with van der Waals surface area (Å²) in [7, 11) is 0. The van der Waals surface area contributed by atoms with Crippen LogP contribution in [0.3, 0.4) is 0 Å². The fourth-order valence-electron chi connectivity index (χ4n) is 15.9. The van der Waals surface area contributed by atoms with Gasteiger partial charge in [0.25, 0.3) is 0 Å². The monoisotopic (exact) mass is 1080 g/mol. The van der Waals surface area contributed by atoms with Gasteiger partial charge in [-0.3, -0.25) is 19.9 Å². The van der Waals surface area contributed by atoms with Crippen molar-refractivity contribution >= 4 is 55.7 Å². The summed E-state index contributed by atoms with van der Waals surface area (Å²) in [5.74, 6) is 0. The van der Waals surface area contributed by atoms with Gasteiger partial charge < -0.3 is 9.80 Å². The van der Waals surface area contributed by atoms with Gasteiger partial charge in [0, 0.05) is 81.9 Å². The highest BCUT2D eigenvalue weighted by Crippen LogP contribution is 2.66. The Morgan fingerprint density at radius 2 is 0.571 bits per heavy atom. The van der Waals surface area contributed by atoms with E-state index < -0.39 is 10.8 Å². The third kappa shape index (κ3) is 6.24. The zero-order chi connectivity index (χ0) is 56.1. The number of hydrogen-bond donors (Lipinski definition) is 0. The molecular weight excluding hydrogens is 1020 g/mol. The number of rotatable bonds is 6. The molecule has 4 aromatic heterocycles. The maximum Gasteiger partial charge on any atom is 0.0772 e. The lowest BCUT2D eigenvalue weighted by Gasteiger charge is -2.48. The molecule has 398 valence electrons.